The Labute approximate surface area is 123 Å². The number of anilines is 1. The minimum Gasteiger partial charge on any atom is -0.397 e. The topological polar surface area (TPSA) is 26.0 Å². The van der Waals surface area contributed by atoms with Crippen molar-refractivity contribution in [2.24, 2.45) is 0 Å². The van der Waals surface area contributed by atoms with Crippen molar-refractivity contribution < 1.29 is 0 Å². The summed E-state index contributed by atoms with van der Waals surface area (Å²) in [6, 6.07) is 0. The van der Waals surface area contributed by atoms with Gasteiger partial charge in [0.25, 0.3) is 0 Å². The zero-order valence-corrected chi connectivity index (χ0v) is 14.5. The van der Waals surface area contributed by atoms with Crippen molar-refractivity contribution in [2.75, 3.05) is 5.73 Å². The lowest BCUT2D eigenvalue weighted by Crippen LogP contribution is -1.95. The molecule has 2 N–H and O–H groups in total. The smallest absolute Gasteiger partial charge is 0.0625 e. The normalized spacial score (nSPS) is 10.4. The highest BCUT2D eigenvalue weighted by Crippen LogP contribution is 2.41. The third-order valence-corrected chi connectivity index (χ3v) is 8.81. The lowest BCUT2D eigenvalue weighted by atomic mass is 10.3. The van der Waals surface area contributed by atoms with Crippen LogP contribution in [0.3, 0.4) is 0 Å². The lowest BCUT2D eigenvalue weighted by Gasteiger charge is -2.09. The van der Waals surface area contributed by atoms with E-state index in [4.69, 9.17) is 5.73 Å². The van der Waals surface area contributed by atoms with E-state index in [1.165, 1.54) is 0 Å². The SMILES string of the molecule is Nc1c(Br)c(I)c(Br)c(I)c1Br. The number of rotatable bonds is 0. The van der Waals surface area contributed by atoms with Crippen LogP contribution in [0, 0.1) is 7.14 Å². The second-order valence-electron chi connectivity index (χ2n) is 1.98. The van der Waals surface area contributed by atoms with Gasteiger partial charge in [0.1, 0.15) is 0 Å². The summed E-state index contributed by atoms with van der Waals surface area (Å²) < 4.78 is 5.12. The molecule has 0 amide bonds. The van der Waals surface area contributed by atoms with Gasteiger partial charge in [-0.15, -0.1) is 0 Å². The first-order chi connectivity index (χ1) is 5.46. The average Bonchev–Trinajstić information content (AvgIpc) is 2.08. The van der Waals surface area contributed by atoms with Crippen LogP contribution in [0.5, 0.6) is 0 Å². The molecule has 6 heteroatoms. The third-order valence-electron chi connectivity index (χ3n) is 1.24. The second-order valence-corrected chi connectivity index (χ2v) is 6.52. The van der Waals surface area contributed by atoms with E-state index in [1.807, 2.05) is 0 Å². The Morgan fingerprint density at radius 3 is 1.50 bits per heavy atom. The Morgan fingerprint density at radius 1 is 0.833 bits per heavy atom. The molecule has 0 aromatic heterocycles. The Morgan fingerprint density at radius 2 is 1.17 bits per heavy atom. The molecule has 0 spiro atoms. The largest absolute Gasteiger partial charge is 0.397 e. The van der Waals surface area contributed by atoms with Crippen molar-refractivity contribution in [3.63, 3.8) is 0 Å². The standard InChI is InChI=1S/C6H2Br3I2N/c7-1-4(10)2(8)6(12)3(9)5(1)11/h12H2. The molecule has 0 aliphatic rings. The molecule has 0 aliphatic carbocycles. The van der Waals surface area contributed by atoms with E-state index in [0.29, 0.717) is 0 Å². The molecule has 0 bridgehead atoms. The molecular weight excluding hydrogens is 580 g/mol. The number of hydrogen-bond donors (Lipinski definition) is 1. The minimum atomic E-state index is 0.743. The van der Waals surface area contributed by atoms with Crippen LogP contribution in [0.4, 0.5) is 5.69 Å². The molecule has 12 heavy (non-hydrogen) atoms. The summed E-state index contributed by atoms with van der Waals surface area (Å²) in [6.07, 6.45) is 0. The van der Waals surface area contributed by atoms with Crippen molar-refractivity contribution in [2.45, 2.75) is 0 Å². The van der Waals surface area contributed by atoms with E-state index in [1.54, 1.807) is 0 Å². The monoisotopic (exact) mass is 579 g/mol. The quantitative estimate of drug-likeness (QED) is 0.203. The number of halogens is 5. The third kappa shape index (κ3) is 2.12. The zero-order valence-electron chi connectivity index (χ0n) is 5.47. The second kappa shape index (κ2) is 4.63. The summed E-state index contributed by atoms with van der Waals surface area (Å²) in [6.45, 7) is 0. The van der Waals surface area contributed by atoms with Crippen LogP contribution in [0.25, 0.3) is 0 Å². The average molecular weight is 582 g/mol. The number of hydrogen-bond acceptors (Lipinski definition) is 1. The molecule has 66 valence electrons. The lowest BCUT2D eigenvalue weighted by molar-refractivity contribution is 1.45. The van der Waals surface area contributed by atoms with Crippen LogP contribution in [-0.4, -0.2) is 0 Å². The van der Waals surface area contributed by atoms with Gasteiger partial charge in [-0.3, -0.25) is 0 Å². The van der Waals surface area contributed by atoms with Crippen LogP contribution in [0.1, 0.15) is 0 Å². The molecule has 1 nitrogen and oxygen atoms in total. The predicted molar refractivity (Wildman–Crippen MR) is 79.4 cm³/mol. The van der Waals surface area contributed by atoms with Crippen LogP contribution in [0.15, 0.2) is 13.4 Å². The van der Waals surface area contributed by atoms with Gasteiger partial charge < -0.3 is 5.73 Å². The first-order valence-corrected chi connectivity index (χ1v) is 7.27. The van der Waals surface area contributed by atoms with Gasteiger partial charge >= 0.3 is 0 Å². The molecule has 0 saturated carbocycles. The van der Waals surface area contributed by atoms with Crippen LogP contribution < -0.4 is 5.73 Å². The maximum absolute atomic E-state index is 5.83. The molecular formula is C6H2Br3I2N. The van der Waals surface area contributed by atoms with E-state index in [-0.39, 0.29) is 0 Å². The first-order valence-electron chi connectivity index (χ1n) is 2.73. The summed E-state index contributed by atoms with van der Waals surface area (Å²) in [5.74, 6) is 0. The Bertz CT molecular complexity index is 235. The van der Waals surface area contributed by atoms with Crippen molar-refractivity contribution in [1.29, 1.82) is 0 Å². The zero-order chi connectivity index (χ0) is 9.46. The number of nitrogen functional groups attached to an aromatic ring is 1. The molecule has 0 unspecified atom stereocenters. The summed E-state index contributed by atoms with van der Waals surface area (Å²) in [5, 5.41) is 0. The van der Waals surface area contributed by atoms with E-state index < -0.39 is 0 Å². The van der Waals surface area contributed by atoms with Crippen molar-refractivity contribution in [3.05, 3.63) is 20.6 Å². The summed E-state index contributed by atoms with van der Waals surface area (Å²) >= 11 is 14.8. The van der Waals surface area contributed by atoms with Crippen LogP contribution in [-0.2, 0) is 0 Å². The molecule has 1 aromatic rings. The molecule has 0 radical (unpaired) electrons. The molecule has 0 saturated heterocycles. The molecule has 1 rings (SSSR count). The van der Waals surface area contributed by atoms with Crippen molar-refractivity contribution in [3.8, 4) is 0 Å². The maximum Gasteiger partial charge on any atom is 0.0625 e. The van der Waals surface area contributed by atoms with E-state index >= 15 is 0 Å². The Kier molecular flexibility index (Phi) is 4.62. The minimum absolute atomic E-state index is 0.743. The molecule has 0 atom stereocenters. The van der Waals surface area contributed by atoms with Gasteiger partial charge in [0.05, 0.1) is 14.6 Å². The van der Waals surface area contributed by atoms with Crippen LogP contribution >= 0.6 is 93.0 Å². The number of benzene rings is 1. The highest BCUT2D eigenvalue weighted by atomic mass is 127. The van der Waals surface area contributed by atoms with E-state index in [0.717, 1.165) is 26.2 Å². The maximum atomic E-state index is 5.83. The van der Waals surface area contributed by atoms with Gasteiger partial charge in [-0.25, -0.2) is 0 Å². The van der Waals surface area contributed by atoms with Gasteiger partial charge in [0.15, 0.2) is 0 Å². The van der Waals surface area contributed by atoms with Crippen molar-refractivity contribution in [1.82, 2.24) is 0 Å². The fraction of sp³-hybridized carbons (Fsp3) is 0. The fourth-order valence-corrected chi connectivity index (χ4v) is 4.25. The van der Waals surface area contributed by atoms with Crippen LogP contribution in [0.2, 0.25) is 0 Å². The molecule has 1 aromatic carbocycles. The highest BCUT2D eigenvalue weighted by Gasteiger charge is 2.14. The van der Waals surface area contributed by atoms with Gasteiger partial charge in [-0.05, 0) is 93.0 Å². The van der Waals surface area contributed by atoms with E-state index in [9.17, 15) is 0 Å². The van der Waals surface area contributed by atoms with Gasteiger partial charge in [-0.2, -0.15) is 0 Å². The molecule has 0 aliphatic heterocycles. The first kappa shape index (κ1) is 12.0. The molecule has 0 fully saturated rings. The predicted octanol–water partition coefficient (Wildman–Crippen LogP) is 4.77. The Balaban J connectivity index is 3.60. The molecule has 0 heterocycles. The number of nitrogens with two attached hydrogens (primary N) is 1. The summed E-state index contributed by atoms with van der Waals surface area (Å²) in [5.41, 5.74) is 6.57. The van der Waals surface area contributed by atoms with E-state index in [2.05, 4.69) is 93.0 Å². The summed E-state index contributed by atoms with van der Waals surface area (Å²) in [7, 11) is 0. The highest BCUT2D eigenvalue weighted by molar-refractivity contribution is 14.1. The van der Waals surface area contributed by atoms with Gasteiger partial charge in [0.2, 0.25) is 0 Å². The summed E-state index contributed by atoms with van der Waals surface area (Å²) in [4.78, 5) is 0. The van der Waals surface area contributed by atoms with Crippen molar-refractivity contribution >= 4 is 98.7 Å². The van der Waals surface area contributed by atoms with Gasteiger partial charge in [-0.1, -0.05) is 0 Å². The fourth-order valence-electron chi connectivity index (χ4n) is 0.622. The Hall–Kier alpha value is 1.92. The van der Waals surface area contributed by atoms with Gasteiger partial charge in [0, 0.05) is 11.6 Å².